The first-order chi connectivity index (χ1) is 20.5. The molecular weight excluding hydrogens is 548 g/mol. The number of amides is 3. The summed E-state index contributed by atoms with van der Waals surface area (Å²) in [6.07, 6.45) is 6.18. The molecule has 3 aliphatic heterocycles. The average Bonchev–Trinajstić information content (AvgIpc) is 3.36. The van der Waals surface area contributed by atoms with Gasteiger partial charge in [-0.3, -0.25) is 19.3 Å². The van der Waals surface area contributed by atoms with Crippen molar-refractivity contribution in [3.05, 3.63) is 60.2 Å². The molecule has 0 spiro atoms. The van der Waals surface area contributed by atoms with Crippen LogP contribution in [0.2, 0.25) is 0 Å². The number of rotatable bonds is 7. The number of para-hydroxylation sites is 2. The van der Waals surface area contributed by atoms with E-state index in [1.165, 1.54) is 18.2 Å². The monoisotopic (exact) mass is 586 g/mol. The first-order valence-electron chi connectivity index (χ1n) is 15.2. The van der Waals surface area contributed by atoms with Gasteiger partial charge in [-0.1, -0.05) is 68.3 Å². The Kier molecular flexibility index (Phi) is 8.60. The number of carbonyl (C=O) groups excluding carboxylic acids is 3. The molecule has 1 N–H and O–H groups in total. The van der Waals surface area contributed by atoms with E-state index in [2.05, 4.69) is 27.3 Å². The van der Waals surface area contributed by atoms with Gasteiger partial charge in [0.05, 0.1) is 17.4 Å². The predicted octanol–water partition coefficient (Wildman–Crippen LogP) is 4.34. The molecule has 1 saturated carbocycles. The summed E-state index contributed by atoms with van der Waals surface area (Å²) in [4.78, 5) is 55.5. The third kappa shape index (κ3) is 5.95. The number of thioether (sulfide) groups is 1. The van der Waals surface area contributed by atoms with Gasteiger partial charge < -0.3 is 15.1 Å². The number of nitrogens with zero attached hydrogens (tertiary/aromatic N) is 5. The number of fused-ring (bicyclic) bond motifs is 3. The van der Waals surface area contributed by atoms with E-state index in [1.807, 2.05) is 59.2 Å². The second-order valence-electron chi connectivity index (χ2n) is 11.3. The van der Waals surface area contributed by atoms with Crippen LogP contribution in [-0.2, 0) is 14.4 Å². The Morgan fingerprint density at radius 3 is 2.40 bits per heavy atom. The Morgan fingerprint density at radius 1 is 0.952 bits per heavy atom. The van der Waals surface area contributed by atoms with Gasteiger partial charge in [0.15, 0.2) is 5.17 Å². The lowest BCUT2D eigenvalue weighted by atomic mass is 9.95. The molecule has 0 radical (unpaired) electrons. The normalized spacial score (nSPS) is 21.3. The van der Waals surface area contributed by atoms with E-state index in [9.17, 15) is 14.4 Å². The highest BCUT2D eigenvalue weighted by Gasteiger charge is 2.44. The van der Waals surface area contributed by atoms with Crippen LogP contribution < -0.4 is 10.2 Å². The van der Waals surface area contributed by atoms with Crippen molar-refractivity contribution in [2.45, 2.75) is 69.2 Å². The van der Waals surface area contributed by atoms with E-state index < -0.39 is 6.04 Å². The third-order valence-electron chi connectivity index (χ3n) is 8.59. The molecule has 1 saturated heterocycles. The van der Waals surface area contributed by atoms with Gasteiger partial charge in [-0.2, -0.15) is 4.99 Å². The fourth-order valence-electron chi connectivity index (χ4n) is 6.22. The van der Waals surface area contributed by atoms with Crippen LogP contribution in [0.1, 0.15) is 57.4 Å². The van der Waals surface area contributed by atoms with Crippen molar-refractivity contribution in [1.29, 1.82) is 0 Å². The quantitative estimate of drug-likeness (QED) is 0.518. The molecule has 2 fully saturated rings. The molecule has 4 aliphatic rings. The van der Waals surface area contributed by atoms with Gasteiger partial charge in [0, 0.05) is 43.5 Å². The Bertz CT molecular complexity index is 1380. The summed E-state index contributed by atoms with van der Waals surface area (Å²) < 4.78 is 0. The summed E-state index contributed by atoms with van der Waals surface area (Å²) in [6.45, 7) is 4.67. The van der Waals surface area contributed by atoms with E-state index in [1.54, 1.807) is 0 Å². The number of anilines is 1. The van der Waals surface area contributed by atoms with Crippen molar-refractivity contribution >= 4 is 51.9 Å². The highest BCUT2D eigenvalue weighted by molar-refractivity contribution is 8.15. The van der Waals surface area contributed by atoms with E-state index in [-0.39, 0.29) is 35.4 Å². The van der Waals surface area contributed by atoms with Crippen LogP contribution in [0.5, 0.6) is 0 Å². The zero-order valence-electron chi connectivity index (χ0n) is 24.1. The van der Waals surface area contributed by atoms with Crippen molar-refractivity contribution in [2.75, 3.05) is 31.1 Å². The number of amidine groups is 2. The van der Waals surface area contributed by atoms with E-state index in [0.717, 1.165) is 50.0 Å². The minimum atomic E-state index is -0.779. The van der Waals surface area contributed by atoms with E-state index in [0.29, 0.717) is 36.2 Å². The molecule has 2 atom stereocenters. The standard InChI is InChI=1S/C32H38N6O3S/c1-2-27(31(41)33-22-11-5-3-6-12-22)42-32-34-25-16-10-9-15-24(25)29-35-30(40)26(38(29)32)21-28(39)37-19-17-36(18-20-37)23-13-7-4-8-14-23/h4,7-10,13-16,22,26-27H,2-3,5-6,11-12,17-21H2,1H3,(H,33,41). The van der Waals surface area contributed by atoms with Crippen LogP contribution in [0.3, 0.4) is 0 Å². The van der Waals surface area contributed by atoms with Crippen molar-refractivity contribution in [2.24, 2.45) is 9.98 Å². The van der Waals surface area contributed by atoms with E-state index >= 15 is 0 Å². The third-order valence-corrected chi connectivity index (χ3v) is 9.92. The van der Waals surface area contributed by atoms with Crippen LogP contribution in [0.25, 0.3) is 0 Å². The lowest BCUT2D eigenvalue weighted by molar-refractivity contribution is -0.134. The lowest BCUT2D eigenvalue weighted by Gasteiger charge is -2.37. The van der Waals surface area contributed by atoms with Crippen LogP contribution >= 0.6 is 11.8 Å². The van der Waals surface area contributed by atoms with Crippen LogP contribution in [0, 0.1) is 0 Å². The fourth-order valence-corrected chi connectivity index (χ4v) is 7.30. The Labute approximate surface area is 251 Å². The summed E-state index contributed by atoms with van der Waals surface area (Å²) in [5.41, 5.74) is 2.63. The number of piperazine rings is 1. The number of aliphatic imine (C=N–C) groups is 2. The maximum Gasteiger partial charge on any atom is 0.271 e. The molecule has 2 unspecified atom stereocenters. The number of benzene rings is 2. The molecule has 2 aromatic carbocycles. The summed E-state index contributed by atoms with van der Waals surface area (Å²) in [5.74, 6) is 0.111. The molecule has 220 valence electrons. The van der Waals surface area contributed by atoms with Gasteiger partial charge in [-0.15, -0.1) is 0 Å². The summed E-state index contributed by atoms with van der Waals surface area (Å²) in [5, 5.41) is 3.44. The lowest BCUT2D eigenvalue weighted by Crippen LogP contribution is -2.52. The fraction of sp³-hybridized carbons (Fsp3) is 0.469. The highest BCUT2D eigenvalue weighted by atomic mass is 32.2. The molecule has 0 aromatic heterocycles. The SMILES string of the molecule is CCC(SC1=Nc2ccccc2C2=NC(=O)C(CC(=O)N3CCN(c4ccccc4)CC3)N12)C(=O)NC1CCCCC1. The van der Waals surface area contributed by atoms with Crippen LogP contribution in [-0.4, -0.2) is 82.0 Å². The Hall–Kier alpha value is -3.66. The molecule has 9 nitrogen and oxygen atoms in total. The first-order valence-corrected chi connectivity index (χ1v) is 16.0. The summed E-state index contributed by atoms with van der Waals surface area (Å²) in [7, 11) is 0. The van der Waals surface area contributed by atoms with Crippen molar-refractivity contribution in [3.8, 4) is 0 Å². The molecule has 10 heteroatoms. The van der Waals surface area contributed by atoms with Gasteiger partial charge in [-0.25, -0.2) is 4.99 Å². The van der Waals surface area contributed by atoms with E-state index in [4.69, 9.17) is 4.99 Å². The maximum atomic E-state index is 13.5. The van der Waals surface area contributed by atoms with Crippen molar-refractivity contribution in [3.63, 3.8) is 0 Å². The number of carbonyl (C=O) groups is 3. The molecule has 42 heavy (non-hydrogen) atoms. The van der Waals surface area contributed by atoms with Gasteiger partial charge in [0.1, 0.15) is 11.9 Å². The van der Waals surface area contributed by atoms with Crippen LogP contribution in [0.15, 0.2) is 64.6 Å². The largest absolute Gasteiger partial charge is 0.368 e. The molecule has 3 amide bonds. The molecule has 0 bridgehead atoms. The second-order valence-corrected chi connectivity index (χ2v) is 12.5. The smallest absolute Gasteiger partial charge is 0.271 e. The number of nitrogens with one attached hydrogen (secondary N) is 1. The maximum absolute atomic E-state index is 13.5. The molecule has 3 heterocycles. The minimum absolute atomic E-state index is 0.00360. The van der Waals surface area contributed by atoms with Crippen LogP contribution in [0.4, 0.5) is 11.4 Å². The van der Waals surface area contributed by atoms with Crippen molar-refractivity contribution in [1.82, 2.24) is 15.1 Å². The summed E-state index contributed by atoms with van der Waals surface area (Å²) in [6, 6.07) is 17.2. The van der Waals surface area contributed by atoms with Gasteiger partial charge in [0.2, 0.25) is 11.8 Å². The molecule has 1 aliphatic carbocycles. The second kappa shape index (κ2) is 12.7. The van der Waals surface area contributed by atoms with Crippen molar-refractivity contribution < 1.29 is 14.4 Å². The number of hydrogen-bond donors (Lipinski definition) is 1. The molecule has 2 aromatic rings. The zero-order valence-corrected chi connectivity index (χ0v) is 24.9. The summed E-state index contributed by atoms with van der Waals surface area (Å²) >= 11 is 1.37. The van der Waals surface area contributed by atoms with Gasteiger partial charge in [-0.05, 0) is 43.5 Å². The Morgan fingerprint density at radius 2 is 1.67 bits per heavy atom. The minimum Gasteiger partial charge on any atom is -0.368 e. The van der Waals surface area contributed by atoms with Gasteiger partial charge in [0.25, 0.3) is 5.91 Å². The first kappa shape index (κ1) is 28.5. The predicted molar refractivity (Wildman–Crippen MR) is 167 cm³/mol. The topological polar surface area (TPSA) is 97.7 Å². The zero-order chi connectivity index (χ0) is 29.1. The number of hydrogen-bond acceptors (Lipinski definition) is 7. The van der Waals surface area contributed by atoms with Gasteiger partial charge >= 0.3 is 0 Å². The molecule has 6 rings (SSSR count). The highest BCUT2D eigenvalue weighted by Crippen LogP contribution is 2.37. The molecular formula is C32H38N6O3S. The Balaban J connectivity index is 1.18. The average molecular weight is 587 g/mol.